The van der Waals surface area contributed by atoms with Gasteiger partial charge in [-0.2, -0.15) is 5.10 Å². The summed E-state index contributed by atoms with van der Waals surface area (Å²) in [6, 6.07) is 15.9. The third-order valence-electron chi connectivity index (χ3n) is 2.96. The van der Waals surface area contributed by atoms with Crippen LogP contribution in [0.25, 0.3) is 0 Å². The summed E-state index contributed by atoms with van der Waals surface area (Å²) in [6.07, 6.45) is 1.46. The number of benzene rings is 2. The summed E-state index contributed by atoms with van der Waals surface area (Å²) in [5, 5.41) is 3.85. The maximum absolute atomic E-state index is 11.7. The Morgan fingerprint density at radius 2 is 1.72 bits per heavy atom. The zero-order valence-corrected chi connectivity index (χ0v) is 13.7. The van der Waals surface area contributed by atoms with Crippen LogP contribution in [0.15, 0.2) is 59.7 Å². The van der Waals surface area contributed by atoms with Gasteiger partial charge in [0.05, 0.1) is 13.3 Å². The smallest absolute Gasteiger partial charge is 0.343 e. The van der Waals surface area contributed by atoms with E-state index in [-0.39, 0.29) is 19.1 Å². The molecule has 130 valence electrons. The highest BCUT2D eigenvalue weighted by Gasteiger charge is 2.03. The Hall–Kier alpha value is -3.35. The third kappa shape index (κ3) is 6.74. The summed E-state index contributed by atoms with van der Waals surface area (Å²) in [5.74, 6) is 0.258. The van der Waals surface area contributed by atoms with E-state index in [1.807, 2.05) is 18.2 Å². The number of hydrogen-bond acceptors (Lipinski definition) is 6. The molecule has 25 heavy (non-hydrogen) atoms. The van der Waals surface area contributed by atoms with E-state index in [9.17, 15) is 9.59 Å². The van der Waals surface area contributed by atoms with Crippen molar-refractivity contribution in [1.29, 1.82) is 0 Å². The monoisotopic (exact) mass is 342 g/mol. The molecule has 0 saturated heterocycles. The normalized spacial score (nSPS) is 10.3. The Morgan fingerprint density at radius 3 is 2.48 bits per heavy atom. The van der Waals surface area contributed by atoms with Gasteiger partial charge in [0.2, 0.25) is 0 Å². The molecule has 0 radical (unpaired) electrons. The minimum Gasteiger partial charge on any atom is -0.484 e. The van der Waals surface area contributed by atoms with Crippen molar-refractivity contribution in [3.63, 3.8) is 0 Å². The molecule has 0 bridgehead atoms. The number of nitrogens with one attached hydrogen (secondary N) is 1. The molecule has 0 spiro atoms. The second kappa shape index (κ2) is 9.71. The summed E-state index contributed by atoms with van der Waals surface area (Å²) in [5.41, 5.74) is 3.07. The highest BCUT2D eigenvalue weighted by atomic mass is 16.6. The molecule has 2 rings (SSSR count). The molecule has 0 fully saturated rings. The van der Waals surface area contributed by atoms with Crippen molar-refractivity contribution in [2.75, 3.05) is 20.3 Å². The molecule has 0 atom stereocenters. The quantitative estimate of drug-likeness (QED) is 0.449. The predicted octanol–water partition coefficient (Wildman–Crippen LogP) is 1.77. The van der Waals surface area contributed by atoms with Gasteiger partial charge in [-0.1, -0.05) is 30.3 Å². The molecule has 1 amide bonds. The highest BCUT2D eigenvalue weighted by molar-refractivity contribution is 5.83. The third-order valence-corrected chi connectivity index (χ3v) is 2.96. The van der Waals surface area contributed by atoms with Crippen LogP contribution >= 0.6 is 0 Å². The SMILES string of the molecule is COC(=O)COc1cccc(/C=N/NC(=O)COc2ccccc2)c1. The molecule has 0 saturated carbocycles. The molecule has 1 N–H and O–H groups in total. The lowest BCUT2D eigenvalue weighted by molar-refractivity contribution is -0.142. The van der Waals surface area contributed by atoms with Gasteiger partial charge in [-0.25, -0.2) is 10.2 Å². The van der Waals surface area contributed by atoms with E-state index >= 15 is 0 Å². The van der Waals surface area contributed by atoms with Gasteiger partial charge in [-0.15, -0.1) is 0 Å². The summed E-state index contributed by atoms with van der Waals surface area (Å²) in [7, 11) is 1.29. The van der Waals surface area contributed by atoms with Gasteiger partial charge < -0.3 is 14.2 Å². The van der Waals surface area contributed by atoms with Crippen molar-refractivity contribution in [2.24, 2.45) is 5.10 Å². The van der Waals surface area contributed by atoms with Crippen molar-refractivity contribution in [1.82, 2.24) is 5.43 Å². The minimum atomic E-state index is -0.468. The van der Waals surface area contributed by atoms with Crippen LogP contribution in [0.1, 0.15) is 5.56 Å². The molecule has 0 aliphatic rings. The van der Waals surface area contributed by atoms with E-state index in [1.54, 1.807) is 36.4 Å². The van der Waals surface area contributed by atoms with Crippen LogP contribution in [0.5, 0.6) is 11.5 Å². The second-order valence-corrected chi connectivity index (χ2v) is 4.83. The highest BCUT2D eigenvalue weighted by Crippen LogP contribution is 2.12. The first-order valence-corrected chi connectivity index (χ1v) is 7.47. The van der Waals surface area contributed by atoms with E-state index in [2.05, 4.69) is 15.3 Å². The van der Waals surface area contributed by atoms with Gasteiger partial charge >= 0.3 is 5.97 Å². The topological polar surface area (TPSA) is 86.2 Å². The van der Waals surface area contributed by atoms with Crippen molar-refractivity contribution < 1.29 is 23.8 Å². The maximum Gasteiger partial charge on any atom is 0.343 e. The van der Waals surface area contributed by atoms with Gasteiger partial charge in [-0.05, 0) is 29.8 Å². The zero-order chi connectivity index (χ0) is 17.9. The molecule has 0 heterocycles. The van der Waals surface area contributed by atoms with E-state index in [4.69, 9.17) is 9.47 Å². The first-order chi connectivity index (χ1) is 12.2. The zero-order valence-electron chi connectivity index (χ0n) is 13.7. The maximum atomic E-state index is 11.7. The van der Waals surface area contributed by atoms with E-state index in [1.165, 1.54) is 13.3 Å². The fourth-order valence-corrected chi connectivity index (χ4v) is 1.76. The Bertz CT molecular complexity index is 731. The number of hydrogen-bond donors (Lipinski definition) is 1. The van der Waals surface area contributed by atoms with Crippen molar-refractivity contribution >= 4 is 18.1 Å². The van der Waals surface area contributed by atoms with Crippen LogP contribution in [0.2, 0.25) is 0 Å². The largest absolute Gasteiger partial charge is 0.484 e. The first-order valence-electron chi connectivity index (χ1n) is 7.47. The lowest BCUT2D eigenvalue weighted by Crippen LogP contribution is -2.24. The predicted molar refractivity (Wildman–Crippen MR) is 91.6 cm³/mol. The Labute approximate surface area is 145 Å². The summed E-state index contributed by atoms with van der Waals surface area (Å²) >= 11 is 0. The summed E-state index contributed by atoms with van der Waals surface area (Å²) < 4.78 is 15.1. The summed E-state index contributed by atoms with van der Waals surface area (Å²) in [6.45, 7) is -0.311. The lowest BCUT2D eigenvalue weighted by Gasteiger charge is -2.05. The number of nitrogens with zero attached hydrogens (tertiary/aromatic N) is 1. The molecule has 0 unspecified atom stereocenters. The number of hydrazone groups is 1. The standard InChI is InChI=1S/C18H18N2O5/c1-23-18(22)13-25-16-9-5-6-14(10-16)11-19-20-17(21)12-24-15-7-3-2-4-8-15/h2-11H,12-13H2,1H3,(H,20,21)/b19-11+. The van der Waals surface area contributed by atoms with Gasteiger partial charge in [0.1, 0.15) is 11.5 Å². The van der Waals surface area contributed by atoms with Crippen molar-refractivity contribution in [3.8, 4) is 11.5 Å². The lowest BCUT2D eigenvalue weighted by atomic mass is 10.2. The molecule has 7 nitrogen and oxygen atoms in total. The van der Waals surface area contributed by atoms with Gasteiger partial charge in [-0.3, -0.25) is 4.79 Å². The molecule has 0 aromatic heterocycles. The van der Waals surface area contributed by atoms with E-state index in [0.29, 0.717) is 17.1 Å². The number of methoxy groups -OCH3 is 1. The number of esters is 1. The van der Waals surface area contributed by atoms with Crippen LogP contribution < -0.4 is 14.9 Å². The van der Waals surface area contributed by atoms with E-state index in [0.717, 1.165) is 0 Å². The molecular formula is C18H18N2O5. The molecule has 0 aliphatic heterocycles. The van der Waals surface area contributed by atoms with Crippen LogP contribution in [0, 0.1) is 0 Å². The van der Waals surface area contributed by atoms with Crippen LogP contribution in [-0.2, 0) is 14.3 Å². The second-order valence-electron chi connectivity index (χ2n) is 4.83. The van der Waals surface area contributed by atoms with Gasteiger partial charge in [0.25, 0.3) is 5.91 Å². The van der Waals surface area contributed by atoms with Crippen molar-refractivity contribution in [3.05, 3.63) is 60.2 Å². The molecule has 2 aromatic carbocycles. The number of carbonyl (C=O) groups is 2. The minimum absolute atomic E-state index is 0.135. The van der Waals surface area contributed by atoms with Crippen LogP contribution in [0.4, 0.5) is 0 Å². The molecule has 7 heteroatoms. The Kier molecular flexibility index (Phi) is 6.99. The summed E-state index contributed by atoms with van der Waals surface area (Å²) in [4.78, 5) is 22.7. The number of carbonyl (C=O) groups excluding carboxylic acids is 2. The van der Waals surface area contributed by atoms with Crippen molar-refractivity contribution in [2.45, 2.75) is 0 Å². The Morgan fingerprint density at radius 1 is 1.00 bits per heavy atom. The number of rotatable bonds is 8. The molecule has 2 aromatic rings. The first kappa shape index (κ1) is 18.0. The molecular weight excluding hydrogens is 324 g/mol. The number of amides is 1. The fourth-order valence-electron chi connectivity index (χ4n) is 1.76. The van der Waals surface area contributed by atoms with Gasteiger partial charge in [0, 0.05) is 0 Å². The fraction of sp³-hybridized carbons (Fsp3) is 0.167. The van der Waals surface area contributed by atoms with Crippen LogP contribution in [0.3, 0.4) is 0 Å². The Balaban J connectivity index is 1.79. The molecule has 0 aliphatic carbocycles. The number of para-hydroxylation sites is 1. The van der Waals surface area contributed by atoms with E-state index < -0.39 is 5.97 Å². The van der Waals surface area contributed by atoms with Gasteiger partial charge in [0.15, 0.2) is 13.2 Å². The number of ether oxygens (including phenoxy) is 3. The average Bonchev–Trinajstić information content (AvgIpc) is 2.65. The van der Waals surface area contributed by atoms with Crippen LogP contribution in [-0.4, -0.2) is 38.4 Å². The average molecular weight is 342 g/mol.